The summed E-state index contributed by atoms with van der Waals surface area (Å²) in [6, 6.07) is 0. The minimum absolute atomic E-state index is 0. The number of aliphatic hydroxyl groups is 3. The Kier molecular flexibility index (Phi) is 53.5. The van der Waals surface area contributed by atoms with E-state index in [0.29, 0.717) is 11.8 Å². The molecule has 0 saturated heterocycles. The molecule has 217 valence electrons. The number of hydrogen-bond acceptors (Lipinski definition) is 9. The van der Waals surface area contributed by atoms with Crippen molar-refractivity contribution in [3.8, 4) is 0 Å². The van der Waals surface area contributed by atoms with Gasteiger partial charge in [-0.05, 0) is 0 Å². The number of aliphatic hydroxyl groups excluding tert-OH is 3. The Morgan fingerprint density at radius 1 is 0.649 bits per heavy atom. The summed E-state index contributed by atoms with van der Waals surface area (Å²) in [6.07, 6.45) is -0.954. The Morgan fingerprint density at radius 2 is 0.730 bits per heavy atom. The SMILES string of the molecule is O=C([O-])C(Cl)(Cl)Cl.O=C([O-])C(Cl)(Cl)Cl.O=C([O-])C(Cl)(Cl)Cl.OCC(O)CO.[CH2-]C(C)C.[CH2-]C(C)C.[Nd+3].[Zn+2]. The molecule has 0 saturated carbocycles. The zero-order valence-corrected chi connectivity index (χ0v) is 32.9. The van der Waals surface area contributed by atoms with Crippen LogP contribution < -0.4 is 15.3 Å². The summed E-state index contributed by atoms with van der Waals surface area (Å²) < 4.78 is -6.83. The molecule has 0 rings (SSSR count). The predicted octanol–water partition coefficient (Wildman–Crippen LogP) is 1.60. The number of rotatable bonds is 2. The van der Waals surface area contributed by atoms with Gasteiger partial charge in [0.2, 0.25) is 11.4 Å². The molecule has 1 radical (unpaired) electrons. The largest absolute Gasteiger partial charge is 3.00 e. The van der Waals surface area contributed by atoms with Crippen LogP contribution in [0.15, 0.2) is 0 Å². The van der Waals surface area contributed by atoms with E-state index in [0.717, 1.165) is 0 Å². The smallest absolute Gasteiger partial charge is 0.545 e. The second-order valence-electron chi connectivity index (χ2n) is 6.16. The maximum absolute atomic E-state index is 9.51. The Bertz CT molecular complexity index is 471. The molecule has 0 aromatic rings. The molecule has 0 bridgehead atoms. The van der Waals surface area contributed by atoms with Crippen molar-refractivity contribution in [1.82, 2.24) is 0 Å². The van der Waals surface area contributed by atoms with Crippen LogP contribution in [-0.2, 0) is 33.9 Å². The summed E-state index contributed by atoms with van der Waals surface area (Å²) in [4.78, 5) is 28.5. The van der Waals surface area contributed by atoms with Gasteiger partial charge in [0, 0.05) is 0 Å². The second kappa shape index (κ2) is 33.4. The van der Waals surface area contributed by atoms with Gasteiger partial charge in [0.15, 0.2) is 0 Å². The Balaban J connectivity index is -0.0000000456. The van der Waals surface area contributed by atoms with Crippen molar-refractivity contribution in [3.05, 3.63) is 13.8 Å². The third-order valence-corrected chi connectivity index (χ3v) is 2.50. The van der Waals surface area contributed by atoms with E-state index in [1.807, 2.05) is 0 Å². The molecule has 0 fully saturated rings. The fourth-order valence-corrected chi connectivity index (χ4v) is 0.0577. The second-order valence-corrected chi connectivity index (χ2v) is 13.0. The van der Waals surface area contributed by atoms with Crippen LogP contribution in [0.4, 0.5) is 0 Å². The van der Waals surface area contributed by atoms with Crippen LogP contribution in [-0.4, -0.2) is 63.9 Å². The number of alkyl halides is 9. The molecule has 0 unspecified atom stereocenters. The molecule has 9 nitrogen and oxygen atoms in total. The minimum atomic E-state index is -2.28. The van der Waals surface area contributed by atoms with Gasteiger partial charge >= 0.3 is 60.3 Å². The van der Waals surface area contributed by atoms with E-state index in [4.69, 9.17) is 120 Å². The number of halogens is 9. The molecule has 0 aliphatic rings. The van der Waals surface area contributed by atoms with Gasteiger partial charge in [0.1, 0.15) is 6.10 Å². The van der Waals surface area contributed by atoms with Crippen molar-refractivity contribution in [2.24, 2.45) is 11.8 Å². The van der Waals surface area contributed by atoms with E-state index in [-0.39, 0.29) is 73.5 Å². The zero-order valence-electron chi connectivity index (χ0n) is 20.0. The molecule has 20 heteroatoms. The predicted molar refractivity (Wildman–Crippen MR) is 136 cm³/mol. The number of carboxylic acids is 3. The Labute approximate surface area is 307 Å². The van der Waals surface area contributed by atoms with Gasteiger partial charge in [0.25, 0.3) is 0 Å². The van der Waals surface area contributed by atoms with E-state index in [2.05, 4.69) is 41.5 Å². The third-order valence-electron chi connectivity index (χ3n) is 1.12. The van der Waals surface area contributed by atoms with E-state index in [9.17, 15) is 29.7 Å². The van der Waals surface area contributed by atoms with Gasteiger partial charge in [-0.3, -0.25) is 0 Å². The van der Waals surface area contributed by atoms with Gasteiger partial charge in [-0.2, -0.15) is 11.8 Å². The van der Waals surface area contributed by atoms with Crippen LogP contribution in [0, 0.1) is 66.5 Å². The summed E-state index contributed by atoms with van der Waals surface area (Å²) in [7, 11) is 0. The fraction of sp³-hybridized carbons (Fsp3) is 0.706. The Morgan fingerprint density at radius 3 is 0.730 bits per heavy atom. The van der Waals surface area contributed by atoms with Crippen LogP contribution in [0.5, 0.6) is 0 Å². The molecule has 0 aliphatic carbocycles. The van der Waals surface area contributed by atoms with Crippen molar-refractivity contribution in [2.75, 3.05) is 13.2 Å². The van der Waals surface area contributed by atoms with E-state index in [1.54, 1.807) is 0 Å². The number of carbonyl (C=O) groups excluding carboxylic acids is 3. The van der Waals surface area contributed by atoms with E-state index >= 15 is 0 Å². The number of carboxylic acid groups (broad SMARTS) is 3. The van der Waals surface area contributed by atoms with Gasteiger partial charge in [0.05, 0.1) is 31.1 Å². The quantitative estimate of drug-likeness (QED) is 0.211. The molecule has 0 aromatic heterocycles. The summed E-state index contributed by atoms with van der Waals surface area (Å²) >= 11 is 42.6. The molecular formula is C17H26Cl9NdO9Zn. The molecule has 37 heavy (non-hydrogen) atoms. The summed E-state index contributed by atoms with van der Waals surface area (Å²) in [5.41, 5.74) is 0. The fourth-order valence-electron chi connectivity index (χ4n) is 0.0577. The first-order chi connectivity index (χ1) is 15.1. The van der Waals surface area contributed by atoms with Gasteiger partial charge < -0.3 is 58.9 Å². The van der Waals surface area contributed by atoms with Crippen molar-refractivity contribution in [3.63, 3.8) is 0 Å². The molecule has 0 aliphatic heterocycles. The topological polar surface area (TPSA) is 181 Å². The average molecular weight is 903 g/mol. The Hall–Kier alpha value is 2.87. The van der Waals surface area contributed by atoms with Crippen LogP contribution in [0.1, 0.15) is 27.7 Å². The monoisotopic (exact) mass is 895 g/mol. The van der Waals surface area contributed by atoms with Crippen molar-refractivity contribution in [1.29, 1.82) is 0 Å². The minimum Gasteiger partial charge on any atom is -0.545 e. The van der Waals surface area contributed by atoms with E-state index in [1.165, 1.54) is 0 Å². The van der Waals surface area contributed by atoms with Crippen molar-refractivity contribution >= 4 is 122 Å². The van der Waals surface area contributed by atoms with Crippen LogP contribution in [0.3, 0.4) is 0 Å². The first-order valence-corrected chi connectivity index (χ1v) is 11.9. The van der Waals surface area contributed by atoms with Gasteiger partial charge in [-0.25, -0.2) is 0 Å². The average Bonchev–Trinajstić information content (AvgIpc) is 2.59. The van der Waals surface area contributed by atoms with Gasteiger partial charge in [-0.1, -0.05) is 132 Å². The van der Waals surface area contributed by atoms with Crippen LogP contribution in [0.25, 0.3) is 0 Å². The number of hydrogen-bond donors (Lipinski definition) is 3. The molecule has 0 aromatic carbocycles. The molecule has 3 N–H and O–H groups in total. The van der Waals surface area contributed by atoms with Gasteiger partial charge in [-0.15, -0.1) is 0 Å². The maximum Gasteiger partial charge on any atom is 3.00 e. The zero-order chi connectivity index (χ0) is 30.4. The summed E-state index contributed by atoms with van der Waals surface area (Å²) in [5.74, 6) is -3.97. The van der Waals surface area contributed by atoms with Crippen LogP contribution in [0.2, 0.25) is 0 Å². The standard InChI is InChI=1S/2C4H9.C3H8O3.3C2HCl3O2.Nd.Zn/c2*1-4(2)3;4-1-3(6)2-5;3*3-2(4,5)1(6)7;;/h2*4H,1H2,2-3H3;3-6H,1-2H2;3*(H,6,7);;/q2*-1;;;;;+3;+2/p-3. The first-order valence-electron chi connectivity index (χ1n) is 8.51. The van der Waals surface area contributed by atoms with Crippen molar-refractivity contribution < 1.29 is 105 Å². The molecular weight excluding hydrogens is 877 g/mol. The van der Waals surface area contributed by atoms with Crippen LogP contribution >= 0.6 is 104 Å². The maximum atomic E-state index is 9.51. The van der Waals surface area contributed by atoms with E-state index < -0.39 is 35.4 Å². The summed E-state index contributed by atoms with van der Waals surface area (Å²) in [5, 5.41) is 52.6. The molecule has 0 atom stereocenters. The number of aliphatic carboxylic acids is 3. The molecule has 0 heterocycles. The first kappa shape index (κ1) is 59.3. The molecule has 0 amide bonds. The third kappa shape index (κ3) is 85.4. The molecule has 0 spiro atoms. The summed E-state index contributed by atoms with van der Waals surface area (Å²) in [6.45, 7) is 14.8. The van der Waals surface area contributed by atoms with Crippen molar-refractivity contribution in [2.45, 2.75) is 45.2 Å². The normalized spacial score (nSPS) is 9.97. The number of carbonyl (C=O) groups is 3.